The summed E-state index contributed by atoms with van der Waals surface area (Å²) in [6.07, 6.45) is 0.140. The summed E-state index contributed by atoms with van der Waals surface area (Å²) in [5, 5.41) is 3.96. The first-order valence-corrected chi connectivity index (χ1v) is 10.3. The van der Waals surface area contributed by atoms with Gasteiger partial charge in [-0.15, -0.1) is 0 Å². The van der Waals surface area contributed by atoms with Crippen molar-refractivity contribution in [3.05, 3.63) is 58.6 Å². The van der Waals surface area contributed by atoms with Crippen molar-refractivity contribution in [2.45, 2.75) is 13.3 Å². The van der Waals surface area contributed by atoms with Crippen LogP contribution in [-0.4, -0.2) is 57.1 Å². The van der Waals surface area contributed by atoms with Crippen LogP contribution < -0.4 is 5.32 Å². The van der Waals surface area contributed by atoms with E-state index in [0.717, 1.165) is 35.6 Å². The highest BCUT2D eigenvalue weighted by Crippen LogP contribution is 2.29. The number of benzene rings is 2. The number of rotatable bonds is 10. The standard InChI is InChI=1S/C22H27ClN2O5/c1-17-5-4-8-20(22(17)23)24-19-7-3-2-6-18(19)15-21(26)28-13-14-29-30-16-25-9-11-27-12-10-25/h2-8,24H,9-16H2,1H3. The summed E-state index contributed by atoms with van der Waals surface area (Å²) in [7, 11) is 0. The molecule has 1 N–H and O–H groups in total. The summed E-state index contributed by atoms with van der Waals surface area (Å²) >= 11 is 6.37. The number of carbonyl (C=O) groups excluding carboxylic acids is 1. The second-order valence-electron chi connectivity index (χ2n) is 6.92. The number of nitrogens with one attached hydrogen (secondary N) is 1. The molecule has 0 amide bonds. The average Bonchev–Trinajstić information content (AvgIpc) is 2.76. The van der Waals surface area contributed by atoms with E-state index < -0.39 is 0 Å². The Hall–Kier alpha value is -2.16. The van der Waals surface area contributed by atoms with Crippen LogP contribution in [0.3, 0.4) is 0 Å². The number of carbonyl (C=O) groups is 1. The minimum atomic E-state index is -0.337. The van der Waals surface area contributed by atoms with Crippen molar-refractivity contribution in [3.8, 4) is 0 Å². The molecule has 1 heterocycles. The zero-order chi connectivity index (χ0) is 21.2. The number of aryl methyl sites for hydroxylation is 1. The molecule has 1 aliphatic rings. The van der Waals surface area contributed by atoms with Gasteiger partial charge in [0.2, 0.25) is 0 Å². The highest BCUT2D eigenvalue weighted by Gasteiger charge is 2.12. The molecule has 30 heavy (non-hydrogen) atoms. The van der Waals surface area contributed by atoms with E-state index >= 15 is 0 Å². The number of halogens is 1. The van der Waals surface area contributed by atoms with Crippen molar-refractivity contribution in [1.82, 2.24) is 4.90 Å². The largest absolute Gasteiger partial charge is 0.463 e. The SMILES string of the molecule is Cc1cccc(Nc2ccccc2CC(=O)OCCOOCN2CCOCC2)c1Cl. The molecule has 0 aromatic heterocycles. The summed E-state index contributed by atoms with van der Waals surface area (Å²) in [4.78, 5) is 24.5. The van der Waals surface area contributed by atoms with Crippen LogP contribution in [0.1, 0.15) is 11.1 Å². The molecule has 1 aliphatic heterocycles. The molecule has 1 saturated heterocycles. The molecule has 3 rings (SSSR count). The summed E-state index contributed by atoms with van der Waals surface area (Å²) in [6.45, 7) is 5.66. The summed E-state index contributed by atoms with van der Waals surface area (Å²) < 4.78 is 10.5. The predicted molar refractivity (Wildman–Crippen MR) is 115 cm³/mol. The molecular weight excluding hydrogens is 408 g/mol. The van der Waals surface area contributed by atoms with Crippen molar-refractivity contribution in [3.63, 3.8) is 0 Å². The normalized spacial score (nSPS) is 14.5. The van der Waals surface area contributed by atoms with Crippen LogP contribution in [0, 0.1) is 6.92 Å². The highest BCUT2D eigenvalue weighted by molar-refractivity contribution is 6.34. The maximum Gasteiger partial charge on any atom is 0.310 e. The third kappa shape index (κ3) is 6.97. The Labute approximate surface area is 181 Å². The molecule has 2 aromatic carbocycles. The smallest absolute Gasteiger partial charge is 0.310 e. The van der Waals surface area contributed by atoms with Gasteiger partial charge in [0.1, 0.15) is 19.9 Å². The van der Waals surface area contributed by atoms with Gasteiger partial charge in [-0.05, 0) is 30.2 Å². The van der Waals surface area contributed by atoms with E-state index in [-0.39, 0.29) is 25.6 Å². The van der Waals surface area contributed by atoms with Gasteiger partial charge in [-0.1, -0.05) is 41.9 Å². The Kier molecular flexibility index (Phi) is 8.92. The minimum Gasteiger partial charge on any atom is -0.463 e. The molecule has 0 spiro atoms. The second kappa shape index (κ2) is 11.9. The third-order valence-electron chi connectivity index (χ3n) is 4.67. The van der Waals surface area contributed by atoms with Crippen LogP contribution >= 0.6 is 11.6 Å². The van der Waals surface area contributed by atoms with E-state index in [1.807, 2.05) is 49.4 Å². The van der Waals surface area contributed by atoms with Gasteiger partial charge in [-0.2, -0.15) is 0 Å². The van der Waals surface area contributed by atoms with Crippen molar-refractivity contribution < 1.29 is 24.0 Å². The lowest BCUT2D eigenvalue weighted by Gasteiger charge is -2.25. The number of esters is 1. The zero-order valence-corrected chi connectivity index (χ0v) is 17.8. The van der Waals surface area contributed by atoms with Crippen LogP contribution in [0.4, 0.5) is 11.4 Å². The average molecular weight is 435 g/mol. The number of morpholine rings is 1. The molecule has 0 bridgehead atoms. The molecule has 8 heteroatoms. The van der Waals surface area contributed by atoms with E-state index in [0.29, 0.717) is 25.0 Å². The van der Waals surface area contributed by atoms with Gasteiger partial charge in [0.05, 0.1) is 30.3 Å². The molecule has 0 unspecified atom stereocenters. The molecule has 0 atom stereocenters. The number of nitrogens with zero attached hydrogens (tertiary/aromatic N) is 1. The second-order valence-corrected chi connectivity index (χ2v) is 7.29. The van der Waals surface area contributed by atoms with Crippen molar-refractivity contribution >= 4 is 28.9 Å². The topological polar surface area (TPSA) is 69.3 Å². The number of ether oxygens (including phenoxy) is 2. The fraction of sp³-hybridized carbons (Fsp3) is 0.409. The van der Waals surface area contributed by atoms with E-state index in [1.165, 1.54) is 0 Å². The minimum absolute atomic E-state index is 0.126. The first-order valence-electron chi connectivity index (χ1n) is 9.93. The molecule has 2 aromatic rings. The van der Waals surface area contributed by atoms with Gasteiger partial charge in [0.15, 0.2) is 0 Å². The Bertz CT molecular complexity index is 827. The number of para-hydroxylation sites is 1. The van der Waals surface area contributed by atoms with Gasteiger partial charge in [-0.3, -0.25) is 9.69 Å². The van der Waals surface area contributed by atoms with Crippen LogP contribution in [0.15, 0.2) is 42.5 Å². The van der Waals surface area contributed by atoms with Gasteiger partial charge in [0.25, 0.3) is 0 Å². The number of hydrogen-bond donors (Lipinski definition) is 1. The van der Waals surface area contributed by atoms with Crippen molar-refractivity contribution in [2.24, 2.45) is 0 Å². The van der Waals surface area contributed by atoms with E-state index in [2.05, 4.69) is 10.2 Å². The Morgan fingerprint density at radius 3 is 2.67 bits per heavy atom. The maximum absolute atomic E-state index is 12.2. The Morgan fingerprint density at radius 1 is 1.07 bits per heavy atom. The van der Waals surface area contributed by atoms with Gasteiger partial charge in [0, 0.05) is 18.8 Å². The summed E-state index contributed by atoms with van der Waals surface area (Å²) in [5.74, 6) is -0.337. The maximum atomic E-state index is 12.2. The lowest BCUT2D eigenvalue weighted by Crippen LogP contribution is -2.37. The van der Waals surface area contributed by atoms with Crippen LogP contribution in [-0.2, 0) is 30.5 Å². The van der Waals surface area contributed by atoms with Crippen molar-refractivity contribution in [2.75, 3.05) is 51.6 Å². The lowest BCUT2D eigenvalue weighted by atomic mass is 10.1. The molecule has 0 radical (unpaired) electrons. The van der Waals surface area contributed by atoms with E-state index in [9.17, 15) is 4.79 Å². The first-order chi connectivity index (χ1) is 14.6. The Balaban J connectivity index is 1.41. The lowest BCUT2D eigenvalue weighted by molar-refractivity contribution is -0.320. The van der Waals surface area contributed by atoms with Gasteiger partial charge >= 0.3 is 5.97 Å². The predicted octanol–water partition coefficient (Wildman–Crippen LogP) is 3.72. The van der Waals surface area contributed by atoms with Crippen LogP contribution in [0.5, 0.6) is 0 Å². The fourth-order valence-electron chi connectivity index (χ4n) is 2.98. The number of anilines is 2. The first kappa shape index (κ1) is 22.5. The van der Waals surface area contributed by atoms with E-state index in [1.54, 1.807) is 0 Å². The number of hydrogen-bond acceptors (Lipinski definition) is 7. The van der Waals surface area contributed by atoms with Gasteiger partial charge in [-0.25, -0.2) is 9.78 Å². The third-order valence-corrected chi connectivity index (χ3v) is 5.17. The van der Waals surface area contributed by atoms with Crippen LogP contribution in [0.25, 0.3) is 0 Å². The molecular formula is C22H27ClN2O5. The molecule has 7 nitrogen and oxygen atoms in total. The van der Waals surface area contributed by atoms with Crippen LogP contribution in [0.2, 0.25) is 5.02 Å². The monoisotopic (exact) mass is 434 g/mol. The van der Waals surface area contributed by atoms with E-state index in [4.69, 9.17) is 30.8 Å². The fourth-order valence-corrected chi connectivity index (χ4v) is 3.16. The van der Waals surface area contributed by atoms with Crippen molar-refractivity contribution in [1.29, 1.82) is 0 Å². The molecule has 0 saturated carbocycles. The molecule has 1 fully saturated rings. The molecule has 0 aliphatic carbocycles. The van der Waals surface area contributed by atoms with Gasteiger partial charge < -0.3 is 14.8 Å². The molecule has 162 valence electrons. The zero-order valence-electron chi connectivity index (χ0n) is 17.1. The Morgan fingerprint density at radius 2 is 1.83 bits per heavy atom. The highest BCUT2D eigenvalue weighted by atomic mass is 35.5. The summed E-state index contributed by atoms with van der Waals surface area (Å²) in [6, 6.07) is 13.4. The quantitative estimate of drug-likeness (QED) is 0.264. The summed E-state index contributed by atoms with van der Waals surface area (Å²) in [5.41, 5.74) is 3.41.